The number of nitrogens with zero attached hydrogens (tertiary/aromatic N) is 1. The minimum absolute atomic E-state index is 0.0770. The second-order valence-corrected chi connectivity index (χ2v) is 7.24. The van der Waals surface area contributed by atoms with Crippen molar-refractivity contribution in [1.82, 2.24) is 10.2 Å². The smallest absolute Gasteiger partial charge is 0.258 e. The zero-order valence-electron chi connectivity index (χ0n) is 16.5. The van der Waals surface area contributed by atoms with Gasteiger partial charge in [-0.2, -0.15) is 0 Å². The van der Waals surface area contributed by atoms with Gasteiger partial charge in [0.05, 0.1) is 5.56 Å². The normalized spacial score (nSPS) is 14.6. The number of rotatable bonds is 5. The van der Waals surface area contributed by atoms with Crippen LogP contribution < -0.4 is 10.1 Å². The van der Waals surface area contributed by atoms with Crippen LogP contribution in [0.2, 0.25) is 0 Å². The van der Waals surface area contributed by atoms with Crippen molar-refractivity contribution in [3.63, 3.8) is 0 Å². The Hall–Kier alpha value is -2.96. The molecule has 2 amide bonds. The molecule has 0 saturated carbocycles. The average Bonchev–Trinajstić information content (AvgIpc) is 2.69. The number of likely N-dealkylation sites (tertiary alicyclic amines) is 1. The summed E-state index contributed by atoms with van der Waals surface area (Å²) < 4.78 is 32.5. The van der Waals surface area contributed by atoms with Crippen molar-refractivity contribution in [2.45, 2.75) is 32.7 Å². The zero-order chi connectivity index (χ0) is 21.0. The van der Waals surface area contributed by atoms with E-state index >= 15 is 0 Å². The lowest BCUT2D eigenvalue weighted by Gasteiger charge is -2.32. The second kappa shape index (κ2) is 9.03. The van der Waals surface area contributed by atoms with Gasteiger partial charge in [-0.3, -0.25) is 9.59 Å². The van der Waals surface area contributed by atoms with Gasteiger partial charge >= 0.3 is 0 Å². The first-order chi connectivity index (χ1) is 13.8. The van der Waals surface area contributed by atoms with Crippen molar-refractivity contribution >= 4 is 11.8 Å². The van der Waals surface area contributed by atoms with Gasteiger partial charge in [0.2, 0.25) is 0 Å². The van der Waals surface area contributed by atoms with Crippen LogP contribution in [0.5, 0.6) is 5.75 Å². The van der Waals surface area contributed by atoms with E-state index in [0.717, 1.165) is 23.3 Å². The van der Waals surface area contributed by atoms with Crippen LogP contribution in [-0.2, 0) is 4.79 Å². The summed E-state index contributed by atoms with van der Waals surface area (Å²) in [5, 5.41) is 2.92. The lowest BCUT2D eigenvalue weighted by Crippen LogP contribution is -2.47. The average molecular weight is 402 g/mol. The van der Waals surface area contributed by atoms with Crippen LogP contribution in [0.4, 0.5) is 8.78 Å². The summed E-state index contributed by atoms with van der Waals surface area (Å²) in [7, 11) is 0. The molecule has 3 rings (SSSR count). The number of nitrogens with one attached hydrogen (secondary N) is 1. The van der Waals surface area contributed by atoms with Crippen LogP contribution in [-0.4, -0.2) is 42.5 Å². The van der Waals surface area contributed by atoms with E-state index in [4.69, 9.17) is 4.74 Å². The molecule has 0 bridgehead atoms. The van der Waals surface area contributed by atoms with E-state index in [1.807, 2.05) is 32.0 Å². The molecule has 0 radical (unpaired) electrons. The molecule has 0 aromatic heterocycles. The topological polar surface area (TPSA) is 58.6 Å². The highest BCUT2D eigenvalue weighted by Crippen LogP contribution is 2.20. The molecule has 1 N–H and O–H groups in total. The van der Waals surface area contributed by atoms with Crippen molar-refractivity contribution in [1.29, 1.82) is 0 Å². The highest BCUT2D eigenvalue weighted by atomic mass is 19.1. The number of halogens is 2. The summed E-state index contributed by atoms with van der Waals surface area (Å²) >= 11 is 0. The second-order valence-electron chi connectivity index (χ2n) is 7.24. The van der Waals surface area contributed by atoms with Gasteiger partial charge in [-0.1, -0.05) is 12.1 Å². The fourth-order valence-corrected chi connectivity index (χ4v) is 3.35. The Morgan fingerprint density at radius 1 is 1.14 bits per heavy atom. The van der Waals surface area contributed by atoms with Crippen molar-refractivity contribution in [2.24, 2.45) is 0 Å². The van der Waals surface area contributed by atoms with E-state index in [9.17, 15) is 18.4 Å². The van der Waals surface area contributed by atoms with Gasteiger partial charge in [0, 0.05) is 25.2 Å². The van der Waals surface area contributed by atoms with E-state index in [1.54, 1.807) is 0 Å². The number of carbonyl (C=O) groups excluding carboxylic acids is 2. The number of aryl methyl sites for hydroxylation is 1. The van der Waals surface area contributed by atoms with E-state index in [1.165, 1.54) is 4.90 Å². The van der Waals surface area contributed by atoms with Gasteiger partial charge in [-0.05, 0) is 56.0 Å². The molecule has 5 nitrogen and oxygen atoms in total. The number of hydrogen-bond acceptors (Lipinski definition) is 3. The van der Waals surface area contributed by atoms with Crippen molar-refractivity contribution in [3.05, 3.63) is 64.7 Å². The first kappa shape index (κ1) is 20.8. The van der Waals surface area contributed by atoms with Crippen molar-refractivity contribution in [2.75, 3.05) is 19.7 Å². The molecule has 1 aliphatic heterocycles. The third-order valence-electron chi connectivity index (χ3n) is 5.22. The van der Waals surface area contributed by atoms with E-state index in [2.05, 4.69) is 5.32 Å². The lowest BCUT2D eigenvalue weighted by atomic mass is 10.0. The highest BCUT2D eigenvalue weighted by Gasteiger charge is 2.26. The zero-order valence-corrected chi connectivity index (χ0v) is 16.5. The number of ether oxygens (including phenoxy) is 1. The molecule has 154 valence electrons. The predicted octanol–water partition coefficient (Wildman–Crippen LogP) is 3.38. The standard InChI is InChI=1S/C22H24F2N2O3/c1-14-4-3-5-20(15(14)2)29-13-21(27)25-17-8-10-26(11-9-17)22(28)18-7-6-16(23)12-19(18)24/h3-7,12,17H,8-11,13H2,1-2H3,(H,25,27). The molecular formula is C22H24F2N2O3. The largest absolute Gasteiger partial charge is 0.483 e. The minimum atomic E-state index is -0.867. The fourth-order valence-electron chi connectivity index (χ4n) is 3.35. The number of carbonyl (C=O) groups is 2. The minimum Gasteiger partial charge on any atom is -0.483 e. The van der Waals surface area contributed by atoms with Gasteiger partial charge in [0.15, 0.2) is 6.61 Å². The van der Waals surface area contributed by atoms with Crippen LogP contribution in [0.1, 0.15) is 34.3 Å². The van der Waals surface area contributed by atoms with Crippen LogP contribution in [0.25, 0.3) is 0 Å². The third kappa shape index (κ3) is 5.10. The van der Waals surface area contributed by atoms with Crippen LogP contribution in [0, 0.1) is 25.5 Å². The summed E-state index contributed by atoms with van der Waals surface area (Å²) in [6.45, 7) is 4.62. The van der Waals surface area contributed by atoms with Gasteiger partial charge in [-0.25, -0.2) is 8.78 Å². The third-order valence-corrected chi connectivity index (χ3v) is 5.22. The maximum Gasteiger partial charge on any atom is 0.258 e. The van der Waals surface area contributed by atoms with E-state index < -0.39 is 17.5 Å². The molecule has 0 atom stereocenters. The summed E-state index contributed by atoms with van der Waals surface area (Å²) in [5.74, 6) is -1.59. The molecule has 0 aliphatic carbocycles. The predicted molar refractivity (Wildman–Crippen MR) is 105 cm³/mol. The molecule has 0 spiro atoms. The van der Waals surface area contributed by atoms with Crippen LogP contribution >= 0.6 is 0 Å². The molecule has 1 heterocycles. The Morgan fingerprint density at radius 2 is 1.86 bits per heavy atom. The summed E-state index contributed by atoms with van der Waals surface area (Å²) in [6.07, 6.45) is 1.12. The molecule has 29 heavy (non-hydrogen) atoms. The number of amides is 2. The molecule has 0 unspecified atom stereocenters. The molecule has 1 aliphatic rings. The van der Waals surface area contributed by atoms with E-state index in [0.29, 0.717) is 37.7 Å². The Kier molecular flexibility index (Phi) is 6.46. The molecular weight excluding hydrogens is 378 g/mol. The Labute approximate surface area is 168 Å². The molecule has 1 fully saturated rings. The Bertz CT molecular complexity index is 909. The summed E-state index contributed by atoms with van der Waals surface area (Å²) in [4.78, 5) is 26.1. The van der Waals surface area contributed by atoms with Gasteiger partial charge in [-0.15, -0.1) is 0 Å². The lowest BCUT2D eigenvalue weighted by molar-refractivity contribution is -0.124. The van der Waals surface area contributed by atoms with Crippen LogP contribution in [0.3, 0.4) is 0 Å². The number of hydrogen-bond donors (Lipinski definition) is 1. The first-order valence-corrected chi connectivity index (χ1v) is 9.58. The number of benzene rings is 2. The SMILES string of the molecule is Cc1cccc(OCC(=O)NC2CCN(C(=O)c3ccc(F)cc3F)CC2)c1C. The maximum absolute atomic E-state index is 13.8. The molecule has 1 saturated heterocycles. The molecule has 2 aromatic rings. The number of piperidine rings is 1. The summed E-state index contributed by atoms with van der Waals surface area (Å²) in [6, 6.07) is 8.54. The summed E-state index contributed by atoms with van der Waals surface area (Å²) in [5.41, 5.74) is 1.95. The Morgan fingerprint density at radius 3 is 2.55 bits per heavy atom. The fraction of sp³-hybridized carbons (Fsp3) is 0.364. The Balaban J connectivity index is 1.47. The maximum atomic E-state index is 13.8. The van der Waals surface area contributed by atoms with Gasteiger partial charge in [0.25, 0.3) is 11.8 Å². The molecule has 2 aromatic carbocycles. The van der Waals surface area contributed by atoms with Gasteiger partial charge in [0.1, 0.15) is 17.4 Å². The molecule has 7 heteroatoms. The first-order valence-electron chi connectivity index (χ1n) is 9.58. The van der Waals surface area contributed by atoms with E-state index in [-0.39, 0.29) is 24.1 Å². The van der Waals surface area contributed by atoms with Crippen molar-refractivity contribution in [3.8, 4) is 5.75 Å². The highest BCUT2D eigenvalue weighted by molar-refractivity contribution is 5.94. The van der Waals surface area contributed by atoms with Gasteiger partial charge < -0.3 is 15.0 Å². The van der Waals surface area contributed by atoms with Crippen LogP contribution in [0.15, 0.2) is 36.4 Å². The quantitative estimate of drug-likeness (QED) is 0.834. The van der Waals surface area contributed by atoms with Crippen molar-refractivity contribution < 1.29 is 23.1 Å². The monoisotopic (exact) mass is 402 g/mol.